The lowest BCUT2D eigenvalue weighted by atomic mass is 9.99. The second kappa shape index (κ2) is 3.92. The maximum atomic E-state index is 13.0. The van der Waals surface area contributed by atoms with Crippen LogP contribution < -0.4 is 4.74 Å². The lowest BCUT2D eigenvalue weighted by Crippen LogP contribution is -2.20. The van der Waals surface area contributed by atoms with Gasteiger partial charge < -0.3 is 4.74 Å². The molecule has 0 amide bonds. The first-order valence-electron chi connectivity index (χ1n) is 5.11. The highest BCUT2D eigenvalue weighted by atomic mass is 32.1. The van der Waals surface area contributed by atoms with Crippen molar-refractivity contribution in [3.8, 4) is 5.75 Å². The van der Waals surface area contributed by atoms with Gasteiger partial charge in [0.15, 0.2) is 5.78 Å². The molecule has 0 saturated heterocycles. The van der Waals surface area contributed by atoms with Crippen molar-refractivity contribution < 1.29 is 13.9 Å². The number of carbonyl (C=O) groups is 1. The molecule has 0 fully saturated rings. The number of thiazole rings is 1. The lowest BCUT2D eigenvalue weighted by Gasteiger charge is -2.23. The number of carbonyl (C=O) groups excluding carboxylic acids is 1. The molecule has 0 bridgehead atoms. The van der Waals surface area contributed by atoms with E-state index in [4.69, 9.17) is 4.74 Å². The van der Waals surface area contributed by atoms with E-state index in [1.807, 2.05) is 5.38 Å². The highest BCUT2D eigenvalue weighted by Gasteiger charge is 2.28. The van der Waals surface area contributed by atoms with E-state index >= 15 is 0 Å². The lowest BCUT2D eigenvalue weighted by molar-refractivity contribution is 0.0844. The summed E-state index contributed by atoms with van der Waals surface area (Å²) in [6.45, 7) is 0. The summed E-state index contributed by atoms with van der Waals surface area (Å²) in [7, 11) is 0. The maximum Gasteiger partial charge on any atom is 0.170 e. The first kappa shape index (κ1) is 10.4. The van der Waals surface area contributed by atoms with Gasteiger partial charge in [-0.15, -0.1) is 11.3 Å². The fourth-order valence-electron chi connectivity index (χ4n) is 1.84. The highest BCUT2D eigenvalue weighted by molar-refractivity contribution is 7.07. The monoisotopic (exact) mass is 249 g/mol. The van der Waals surface area contributed by atoms with Crippen LogP contribution in [0.5, 0.6) is 5.75 Å². The average Bonchev–Trinajstić information content (AvgIpc) is 2.83. The van der Waals surface area contributed by atoms with Crippen LogP contribution in [0.15, 0.2) is 29.1 Å². The summed E-state index contributed by atoms with van der Waals surface area (Å²) in [4.78, 5) is 16.0. The van der Waals surface area contributed by atoms with Crippen LogP contribution in [-0.4, -0.2) is 10.8 Å². The number of hydrogen-bond donors (Lipinski definition) is 0. The van der Waals surface area contributed by atoms with Crippen LogP contribution in [0.4, 0.5) is 4.39 Å². The van der Waals surface area contributed by atoms with E-state index in [-0.39, 0.29) is 18.3 Å². The van der Waals surface area contributed by atoms with E-state index in [0.717, 1.165) is 5.69 Å². The number of hydrogen-bond acceptors (Lipinski definition) is 4. The van der Waals surface area contributed by atoms with Gasteiger partial charge in [0.1, 0.15) is 17.7 Å². The molecule has 0 saturated carbocycles. The number of Topliss-reactive ketones (excluding diaryl/α,β-unsaturated/α-hetero) is 1. The molecule has 1 aliphatic heterocycles. The highest BCUT2D eigenvalue weighted by Crippen LogP contribution is 2.34. The second-order valence-corrected chi connectivity index (χ2v) is 4.51. The summed E-state index contributed by atoms with van der Waals surface area (Å²) in [5, 5.41) is 1.85. The Morgan fingerprint density at radius 1 is 1.47 bits per heavy atom. The van der Waals surface area contributed by atoms with Gasteiger partial charge in [-0.1, -0.05) is 0 Å². The number of nitrogens with zero attached hydrogens (tertiary/aromatic N) is 1. The summed E-state index contributed by atoms with van der Waals surface area (Å²) in [5.41, 5.74) is 2.76. The predicted octanol–water partition coefficient (Wildman–Crippen LogP) is 2.99. The number of aromatic nitrogens is 1. The largest absolute Gasteiger partial charge is 0.483 e. The van der Waals surface area contributed by atoms with Gasteiger partial charge >= 0.3 is 0 Å². The number of ether oxygens (including phenoxy) is 1. The third-order valence-corrected chi connectivity index (χ3v) is 3.27. The van der Waals surface area contributed by atoms with Gasteiger partial charge in [-0.2, -0.15) is 0 Å². The molecule has 0 radical (unpaired) electrons. The van der Waals surface area contributed by atoms with Crippen molar-refractivity contribution in [3.63, 3.8) is 0 Å². The van der Waals surface area contributed by atoms with Crippen LogP contribution in [0.3, 0.4) is 0 Å². The third-order valence-electron chi connectivity index (χ3n) is 2.66. The zero-order chi connectivity index (χ0) is 11.8. The zero-order valence-electron chi connectivity index (χ0n) is 8.72. The normalized spacial score (nSPS) is 18.6. The van der Waals surface area contributed by atoms with Crippen LogP contribution >= 0.6 is 11.3 Å². The number of halogens is 1. The Labute approximate surface area is 101 Å². The maximum absolute atomic E-state index is 13.0. The summed E-state index contributed by atoms with van der Waals surface area (Å²) < 4.78 is 18.7. The number of rotatable bonds is 1. The van der Waals surface area contributed by atoms with Crippen molar-refractivity contribution in [1.29, 1.82) is 0 Å². The Morgan fingerprint density at radius 2 is 2.35 bits per heavy atom. The van der Waals surface area contributed by atoms with E-state index in [1.54, 1.807) is 5.51 Å². The Hall–Kier alpha value is -1.75. The molecule has 2 heterocycles. The molecule has 1 aromatic heterocycles. The molecule has 2 aromatic rings. The fourth-order valence-corrected chi connectivity index (χ4v) is 2.44. The first-order chi connectivity index (χ1) is 8.24. The molecular formula is C12H8FNO2S. The smallest absolute Gasteiger partial charge is 0.170 e. The van der Waals surface area contributed by atoms with Gasteiger partial charge in [0, 0.05) is 5.38 Å². The van der Waals surface area contributed by atoms with Gasteiger partial charge in [-0.3, -0.25) is 4.79 Å². The molecule has 1 aromatic carbocycles. The zero-order valence-corrected chi connectivity index (χ0v) is 9.54. The molecule has 3 nitrogen and oxygen atoms in total. The van der Waals surface area contributed by atoms with Crippen LogP contribution in [-0.2, 0) is 0 Å². The predicted molar refractivity (Wildman–Crippen MR) is 60.8 cm³/mol. The molecule has 1 unspecified atom stereocenters. The molecule has 1 aliphatic rings. The molecule has 0 spiro atoms. The van der Waals surface area contributed by atoms with Crippen molar-refractivity contribution in [3.05, 3.63) is 46.2 Å². The van der Waals surface area contributed by atoms with E-state index in [9.17, 15) is 9.18 Å². The van der Waals surface area contributed by atoms with Crippen LogP contribution in [0, 0.1) is 5.82 Å². The van der Waals surface area contributed by atoms with E-state index in [0.29, 0.717) is 11.3 Å². The minimum atomic E-state index is -0.423. The molecule has 0 aliphatic carbocycles. The molecule has 3 rings (SSSR count). The second-order valence-electron chi connectivity index (χ2n) is 3.79. The van der Waals surface area contributed by atoms with Crippen LogP contribution in [0.1, 0.15) is 28.6 Å². The summed E-state index contributed by atoms with van der Waals surface area (Å²) in [5.74, 6) is -0.0998. The van der Waals surface area contributed by atoms with Crippen LogP contribution in [0.25, 0.3) is 0 Å². The first-order valence-corrected chi connectivity index (χ1v) is 6.06. The molecule has 17 heavy (non-hydrogen) atoms. The number of ketones is 1. The molecular weight excluding hydrogens is 241 g/mol. The molecule has 1 atom stereocenters. The third kappa shape index (κ3) is 1.82. The Morgan fingerprint density at radius 3 is 3.12 bits per heavy atom. The van der Waals surface area contributed by atoms with Crippen molar-refractivity contribution in [2.24, 2.45) is 0 Å². The van der Waals surface area contributed by atoms with Crippen molar-refractivity contribution >= 4 is 17.1 Å². The van der Waals surface area contributed by atoms with E-state index < -0.39 is 5.82 Å². The Bertz CT molecular complexity index is 568. The standard InChI is InChI=1S/C12H8FNO2S/c13-7-1-2-11-8(3-7)10(15)4-12(16-11)9-5-17-6-14-9/h1-3,5-6,12H,4H2. The Kier molecular flexibility index (Phi) is 2.40. The summed E-state index contributed by atoms with van der Waals surface area (Å²) >= 11 is 1.46. The van der Waals surface area contributed by atoms with E-state index in [2.05, 4.69) is 4.98 Å². The topological polar surface area (TPSA) is 39.2 Å². The minimum absolute atomic E-state index is 0.108. The van der Waals surface area contributed by atoms with Gasteiger partial charge in [0.2, 0.25) is 0 Å². The van der Waals surface area contributed by atoms with Crippen molar-refractivity contribution in [2.45, 2.75) is 12.5 Å². The molecule has 5 heteroatoms. The van der Waals surface area contributed by atoms with Gasteiger partial charge in [-0.25, -0.2) is 9.37 Å². The van der Waals surface area contributed by atoms with Crippen molar-refractivity contribution in [1.82, 2.24) is 4.98 Å². The van der Waals surface area contributed by atoms with Gasteiger partial charge in [0.05, 0.1) is 23.2 Å². The Balaban J connectivity index is 1.99. The van der Waals surface area contributed by atoms with Crippen LogP contribution in [0.2, 0.25) is 0 Å². The summed E-state index contributed by atoms with van der Waals surface area (Å²) in [6.07, 6.45) is -0.146. The SMILES string of the molecule is O=C1CC(c2cscn2)Oc2ccc(F)cc21. The van der Waals surface area contributed by atoms with Gasteiger partial charge in [0.25, 0.3) is 0 Å². The summed E-state index contributed by atoms with van der Waals surface area (Å²) in [6, 6.07) is 3.99. The number of benzene rings is 1. The average molecular weight is 249 g/mol. The quantitative estimate of drug-likeness (QED) is 0.780. The fraction of sp³-hybridized carbons (Fsp3) is 0.167. The van der Waals surface area contributed by atoms with Gasteiger partial charge in [-0.05, 0) is 18.2 Å². The number of fused-ring (bicyclic) bond motifs is 1. The molecule has 0 N–H and O–H groups in total. The van der Waals surface area contributed by atoms with Crippen molar-refractivity contribution in [2.75, 3.05) is 0 Å². The van der Waals surface area contributed by atoms with E-state index in [1.165, 1.54) is 29.5 Å². The molecule has 86 valence electrons. The minimum Gasteiger partial charge on any atom is -0.483 e.